The SMILES string of the molecule is COCOc1cc(-c2cnnc(OC)c2)ccc1-c1ccc(N(C)[C@H]2C[C@@H]3CC(F)(F)[C@H](C2)N3C(=O)O)nn1. The third-order valence-electron chi connectivity index (χ3n) is 7.31. The van der Waals surface area contributed by atoms with Crippen molar-refractivity contribution in [3.63, 3.8) is 0 Å². The fourth-order valence-corrected chi connectivity index (χ4v) is 5.37. The van der Waals surface area contributed by atoms with Crippen LogP contribution in [0.15, 0.2) is 42.6 Å². The number of aromatic nitrogens is 4. The number of halogens is 2. The molecule has 3 aromatic rings. The predicted molar refractivity (Wildman–Crippen MR) is 136 cm³/mol. The summed E-state index contributed by atoms with van der Waals surface area (Å²) in [6.45, 7) is 0.0185. The molecule has 39 heavy (non-hydrogen) atoms. The molecule has 0 radical (unpaired) electrons. The van der Waals surface area contributed by atoms with Crippen molar-refractivity contribution < 1.29 is 32.9 Å². The van der Waals surface area contributed by atoms with Crippen molar-refractivity contribution in [2.24, 2.45) is 0 Å². The Hall–Kier alpha value is -4.13. The van der Waals surface area contributed by atoms with Gasteiger partial charge >= 0.3 is 6.09 Å². The highest BCUT2D eigenvalue weighted by molar-refractivity contribution is 5.75. The fourth-order valence-electron chi connectivity index (χ4n) is 5.37. The van der Waals surface area contributed by atoms with E-state index >= 15 is 0 Å². The number of rotatable bonds is 8. The first-order valence-corrected chi connectivity index (χ1v) is 12.3. The van der Waals surface area contributed by atoms with Gasteiger partial charge in [-0.15, -0.1) is 15.3 Å². The zero-order valence-corrected chi connectivity index (χ0v) is 21.6. The van der Waals surface area contributed by atoms with Crippen LogP contribution in [0.5, 0.6) is 11.6 Å². The van der Waals surface area contributed by atoms with Gasteiger partial charge in [0.2, 0.25) is 5.88 Å². The maximum absolute atomic E-state index is 14.5. The molecular weight excluding hydrogens is 514 g/mol. The van der Waals surface area contributed by atoms with Crippen LogP contribution in [-0.4, -0.2) is 88.6 Å². The van der Waals surface area contributed by atoms with Crippen LogP contribution in [0.1, 0.15) is 19.3 Å². The van der Waals surface area contributed by atoms with Crippen LogP contribution in [-0.2, 0) is 4.74 Å². The maximum atomic E-state index is 14.5. The summed E-state index contributed by atoms with van der Waals surface area (Å²) in [5.74, 6) is -1.65. The molecule has 13 heteroatoms. The molecule has 1 amide bonds. The lowest BCUT2D eigenvalue weighted by molar-refractivity contribution is -0.0363. The third-order valence-corrected chi connectivity index (χ3v) is 7.31. The van der Waals surface area contributed by atoms with E-state index < -0.39 is 30.5 Å². The Kier molecular flexibility index (Phi) is 7.17. The molecule has 4 heterocycles. The summed E-state index contributed by atoms with van der Waals surface area (Å²) < 4.78 is 45.1. The average molecular weight is 543 g/mol. The van der Waals surface area contributed by atoms with Gasteiger partial charge in [0.05, 0.1) is 19.0 Å². The van der Waals surface area contributed by atoms with Crippen molar-refractivity contribution in [2.75, 3.05) is 33.0 Å². The van der Waals surface area contributed by atoms with Gasteiger partial charge < -0.3 is 24.2 Å². The number of methoxy groups -OCH3 is 2. The van der Waals surface area contributed by atoms with Gasteiger partial charge in [0.25, 0.3) is 5.92 Å². The minimum Gasteiger partial charge on any atom is -0.480 e. The number of amides is 1. The van der Waals surface area contributed by atoms with Crippen LogP contribution >= 0.6 is 0 Å². The summed E-state index contributed by atoms with van der Waals surface area (Å²) in [5.41, 5.74) is 2.83. The minimum atomic E-state index is -3.05. The van der Waals surface area contributed by atoms with Crippen molar-refractivity contribution in [1.82, 2.24) is 25.3 Å². The zero-order chi connectivity index (χ0) is 27.7. The molecule has 1 N–H and O–H groups in total. The molecule has 2 aromatic heterocycles. The van der Waals surface area contributed by atoms with Gasteiger partial charge in [-0.2, -0.15) is 5.10 Å². The van der Waals surface area contributed by atoms with Gasteiger partial charge in [-0.05, 0) is 42.7 Å². The third kappa shape index (κ3) is 5.13. The quantitative estimate of drug-likeness (QED) is 0.419. The summed E-state index contributed by atoms with van der Waals surface area (Å²) in [5, 5.41) is 26.0. The number of hydrogen-bond acceptors (Lipinski definition) is 9. The molecule has 206 valence electrons. The first-order chi connectivity index (χ1) is 18.7. The van der Waals surface area contributed by atoms with E-state index in [2.05, 4.69) is 20.4 Å². The first-order valence-electron chi connectivity index (χ1n) is 12.3. The van der Waals surface area contributed by atoms with Crippen molar-refractivity contribution in [2.45, 2.75) is 43.3 Å². The Labute approximate surface area is 223 Å². The number of carbonyl (C=O) groups is 1. The van der Waals surface area contributed by atoms with E-state index in [0.717, 1.165) is 16.0 Å². The van der Waals surface area contributed by atoms with Gasteiger partial charge in [-0.25, -0.2) is 13.6 Å². The Bertz CT molecular complexity index is 1340. The lowest BCUT2D eigenvalue weighted by Gasteiger charge is -2.41. The van der Waals surface area contributed by atoms with Gasteiger partial charge in [-0.3, -0.25) is 4.90 Å². The molecule has 2 fully saturated rings. The zero-order valence-electron chi connectivity index (χ0n) is 21.6. The smallest absolute Gasteiger partial charge is 0.408 e. The van der Waals surface area contributed by atoms with Gasteiger partial charge in [-0.1, -0.05) is 6.07 Å². The number of piperidine rings is 1. The number of alkyl halides is 2. The Balaban J connectivity index is 1.38. The second-order valence-corrected chi connectivity index (χ2v) is 9.59. The fraction of sp³-hybridized carbons (Fsp3) is 0.423. The van der Waals surface area contributed by atoms with Crippen LogP contribution < -0.4 is 14.4 Å². The van der Waals surface area contributed by atoms with Crippen LogP contribution in [0.4, 0.5) is 19.4 Å². The highest BCUT2D eigenvalue weighted by Crippen LogP contribution is 2.47. The number of hydrogen-bond donors (Lipinski definition) is 1. The van der Waals surface area contributed by atoms with E-state index in [-0.39, 0.29) is 19.3 Å². The molecule has 5 rings (SSSR count). The van der Waals surface area contributed by atoms with Gasteiger partial charge in [0.1, 0.15) is 11.8 Å². The number of anilines is 1. The molecule has 2 aliphatic heterocycles. The molecule has 2 aliphatic rings. The van der Waals surface area contributed by atoms with Gasteiger partial charge in [0.15, 0.2) is 12.6 Å². The van der Waals surface area contributed by atoms with Gasteiger partial charge in [0, 0.05) is 49.9 Å². The van der Waals surface area contributed by atoms with E-state index in [4.69, 9.17) is 14.2 Å². The normalized spacial score (nSPS) is 21.5. The summed E-state index contributed by atoms with van der Waals surface area (Å²) >= 11 is 0. The van der Waals surface area contributed by atoms with Crippen LogP contribution in [0, 0.1) is 0 Å². The Morgan fingerprint density at radius 3 is 2.62 bits per heavy atom. The van der Waals surface area contributed by atoms with Crippen molar-refractivity contribution in [3.05, 3.63) is 42.6 Å². The lowest BCUT2D eigenvalue weighted by atomic mass is 9.96. The summed E-state index contributed by atoms with van der Waals surface area (Å²) in [6, 6.07) is 8.50. The van der Waals surface area contributed by atoms with Crippen molar-refractivity contribution in [1.29, 1.82) is 0 Å². The van der Waals surface area contributed by atoms with E-state index in [1.54, 1.807) is 36.3 Å². The number of benzene rings is 1. The second-order valence-electron chi connectivity index (χ2n) is 9.59. The molecule has 2 bridgehead atoms. The first kappa shape index (κ1) is 26.5. The molecule has 11 nitrogen and oxygen atoms in total. The van der Waals surface area contributed by atoms with Crippen LogP contribution in [0.2, 0.25) is 0 Å². The minimum absolute atomic E-state index is 0.0147. The van der Waals surface area contributed by atoms with E-state index in [1.807, 2.05) is 18.2 Å². The lowest BCUT2D eigenvalue weighted by Crippen LogP contribution is -2.54. The molecule has 2 saturated heterocycles. The standard InChI is InChI=1S/C26H28F2N6O5/c1-33(17-10-18-12-26(27,28)22(11-17)34(18)25(35)36)23-7-6-20(30-31-23)19-5-4-15(8-21(19)39-14-37-2)16-9-24(38-3)32-29-13-16/h4-9,13,17-18,22H,10-12,14H2,1-3H3,(H,35,36)/t17-,18+,22-/m0/s1. The summed E-state index contributed by atoms with van der Waals surface area (Å²) in [6.07, 6.45) is 0.168. The van der Waals surface area contributed by atoms with Crippen molar-refractivity contribution >= 4 is 11.9 Å². The highest BCUT2D eigenvalue weighted by atomic mass is 19.3. The molecular formula is C26H28F2N6O5. The molecule has 0 saturated carbocycles. The number of carboxylic acid groups (broad SMARTS) is 1. The molecule has 1 aromatic carbocycles. The Morgan fingerprint density at radius 2 is 1.95 bits per heavy atom. The monoisotopic (exact) mass is 542 g/mol. The van der Waals surface area contributed by atoms with E-state index in [9.17, 15) is 18.7 Å². The predicted octanol–water partition coefficient (Wildman–Crippen LogP) is 3.95. The number of ether oxygens (including phenoxy) is 3. The highest BCUT2D eigenvalue weighted by Gasteiger charge is 2.59. The molecule has 0 unspecified atom stereocenters. The van der Waals surface area contributed by atoms with E-state index in [0.29, 0.717) is 35.1 Å². The largest absolute Gasteiger partial charge is 0.480 e. The van der Waals surface area contributed by atoms with Crippen molar-refractivity contribution in [3.8, 4) is 34.0 Å². The average Bonchev–Trinajstić information content (AvgIpc) is 3.11. The maximum Gasteiger partial charge on any atom is 0.408 e. The van der Waals surface area contributed by atoms with E-state index in [1.165, 1.54) is 14.2 Å². The second kappa shape index (κ2) is 10.6. The topological polar surface area (TPSA) is 123 Å². The van der Waals surface area contributed by atoms with Crippen LogP contribution in [0.25, 0.3) is 22.4 Å². The summed E-state index contributed by atoms with van der Waals surface area (Å²) in [7, 11) is 4.80. The number of nitrogens with zero attached hydrogens (tertiary/aromatic N) is 6. The van der Waals surface area contributed by atoms with Crippen LogP contribution in [0.3, 0.4) is 0 Å². The number of fused-ring (bicyclic) bond motifs is 2. The molecule has 0 aliphatic carbocycles. The molecule has 0 spiro atoms. The molecule has 3 atom stereocenters. The Morgan fingerprint density at radius 1 is 1.13 bits per heavy atom. The summed E-state index contributed by atoms with van der Waals surface area (Å²) in [4.78, 5) is 14.3.